The van der Waals surface area contributed by atoms with E-state index < -0.39 is 5.24 Å². The smallest absolute Gasteiger partial charge is 0.253 e. The molecule has 4 heteroatoms. The fourth-order valence-corrected chi connectivity index (χ4v) is 1.72. The lowest BCUT2D eigenvalue weighted by Crippen LogP contribution is -1.80. The van der Waals surface area contributed by atoms with E-state index in [1.165, 1.54) is 11.3 Å². The Morgan fingerprint density at radius 2 is 2.44 bits per heavy atom. The van der Waals surface area contributed by atoms with Crippen LogP contribution in [0.1, 0.15) is 10.4 Å². The van der Waals surface area contributed by atoms with E-state index in [-0.39, 0.29) is 0 Å². The molecule has 0 amide bonds. The zero-order chi connectivity index (χ0) is 6.85. The minimum absolute atomic E-state index is 0.406. The van der Waals surface area contributed by atoms with Gasteiger partial charge < -0.3 is 0 Å². The van der Waals surface area contributed by atoms with Crippen LogP contribution in [-0.2, 0) is 0 Å². The molecule has 48 valence electrons. The van der Waals surface area contributed by atoms with Crippen molar-refractivity contribution >= 4 is 44.1 Å². The molecule has 0 radical (unpaired) electrons. The largest absolute Gasteiger partial charge is 0.276 e. The molecule has 0 atom stereocenters. The van der Waals surface area contributed by atoms with E-state index in [0.717, 1.165) is 3.79 Å². The lowest BCUT2D eigenvalue weighted by molar-refractivity contribution is 0.108. The first-order valence-corrected chi connectivity index (χ1v) is 4.19. The van der Waals surface area contributed by atoms with Crippen molar-refractivity contribution in [3.8, 4) is 0 Å². The van der Waals surface area contributed by atoms with Crippen LogP contribution in [0.4, 0.5) is 0 Å². The van der Waals surface area contributed by atoms with Gasteiger partial charge in [0.15, 0.2) is 0 Å². The van der Waals surface area contributed by atoms with Crippen molar-refractivity contribution in [1.82, 2.24) is 0 Å². The Morgan fingerprint density at radius 3 is 2.67 bits per heavy atom. The van der Waals surface area contributed by atoms with Gasteiger partial charge in [-0.05, 0) is 33.6 Å². The lowest BCUT2D eigenvalue weighted by Gasteiger charge is -1.77. The molecular formula is C5H2BrClOS. The van der Waals surface area contributed by atoms with E-state index in [1.54, 1.807) is 11.4 Å². The molecule has 0 aromatic carbocycles. The second-order valence-corrected chi connectivity index (χ2v) is 4.05. The Balaban J connectivity index is 2.98. The lowest BCUT2D eigenvalue weighted by atomic mass is 10.4. The van der Waals surface area contributed by atoms with E-state index in [2.05, 4.69) is 15.9 Å². The van der Waals surface area contributed by atoms with E-state index >= 15 is 0 Å². The third kappa shape index (κ3) is 1.78. The van der Waals surface area contributed by atoms with Crippen LogP contribution < -0.4 is 0 Å². The number of thiophene rings is 1. The Morgan fingerprint density at radius 1 is 1.78 bits per heavy atom. The molecule has 1 nitrogen and oxygen atoms in total. The number of carbonyl (C=O) groups excluding carboxylic acids is 1. The van der Waals surface area contributed by atoms with Crippen LogP contribution in [0.5, 0.6) is 0 Å². The number of hydrogen-bond acceptors (Lipinski definition) is 2. The third-order valence-electron chi connectivity index (χ3n) is 0.794. The molecule has 0 aliphatic carbocycles. The summed E-state index contributed by atoms with van der Waals surface area (Å²) in [6.45, 7) is 0. The molecule has 1 heterocycles. The van der Waals surface area contributed by atoms with E-state index in [9.17, 15) is 4.79 Å². The van der Waals surface area contributed by atoms with Crippen LogP contribution in [0, 0.1) is 0 Å². The SMILES string of the molecule is O=C(Cl)c1csc(Br)c1. The second kappa shape index (κ2) is 2.82. The Hall–Kier alpha value is 0.140. The Labute approximate surface area is 69.8 Å². The first-order chi connectivity index (χ1) is 4.20. The van der Waals surface area contributed by atoms with Crippen LogP contribution >= 0.6 is 38.9 Å². The molecule has 0 saturated carbocycles. The van der Waals surface area contributed by atoms with Gasteiger partial charge in [0.1, 0.15) is 0 Å². The average molecular weight is 225 g/mol. The molecule has 0 aliphatic rings. The summed E-state index contributed by atoms with van der Waals surface area (Å²) in [5.74, 6) is 0. The molecule has 1 aromatic heterocycles. The highest BCUT2D eigenvalue weighted by atomic mass is 79.9. The maximum atomic E-state index is 10.4. The van der Waals surface area contributed by atoms with Crippen molar-refractivity contribution in [2.45, 2.75) is 0 Å². The molecule has 0 aliphatic heterocycles. The highest BCUT2D eigenvalue weighted by Gasteiger charge is 2.02. The minimum Gasteiger partial charge on any atom is -0.276 e. The fraction of sp³-hybridized carbons (Fsp3) is 0. The maximum Gasteiger partial charge on any atom is 0.253 e. The molecule has 9 heavy (non-hydrogen) atoms. The second-order valence-electron chi connectivity index (χ2n) is 1.41. The Bertz CT molecular complexity index is 233. The summed E-state index contributed by atoms with van der Waals surface area (Å²) in [7, 11) is 0. The number of carbonyl (C=O) groups is 1. The van der Waals surface area contributed by atoms with Crippen LogP contribution in [0.3, 0.4) is 0 Å². The van der Waals surface area contributed by atoms with Gasteiger partial charge in [-0.25, -0.2) is 0 Å². The van der Waals surface area contributed by atoms with Crippen molar-refractivity contribution in [3.05, 3.63) is 20.8 Å². The molecule has 0 fully saturated rings. The van der Waals surface area contributed by atoms with Gasteiger partial charge in [0.2, 0.25) is 0 Å². The van der Waals surface area contributed by atoms with Gasteiger partial charge >= 0.3 is 0 Å². The summed E-state index contributed by atoms with van der Waals surface area (Å²) in [6.07, 6.45) is 0. The predicted octanol–water partition coefficient (Wildman–Crippen LogP) is 2.89. The summed E-state index contributed by atoms with van der Waals surface area (Å²) in [6, 6.07) is 1.69. The summed E-state index contributed by atoms with van der Waals surface area (Å²) in [4.78, 5) is 10.4. The summed E-state index contributed by atoms with van der Waals surface area (Å²) < 4.78 is 0.923. The quantitative estimate of drug-likeness (QED) is 0.672. The normalized spacial score (nSPS) is 9.56. The minimum atomic E-state index is -0.406. The van der Waals surface area contributed by atoms with Gasteiger partial charge in [0.05, 0.1) is 3.79 Å². The topological polar surface area (TPSA) is 17.1 Å². The third-order valence-corrected chi connectivity index (χ3v) is 2.52. The van der Waals surface area contributed by atoms with E-state index in [0.29, 0.717) is 5.56 Å². The standard InChI is InChI=1S/C5H2BrClOS/c6-4-1-3(2-9-4)5(7)8/h1-2H. The zero-order valence-electron chi connectivity index (χ0n) is 4.23. The van der Waals surface area contributed by atoms with Crippen molar-refractivity contribution in [1.29, 1.82) is 0 Å². The zero-order valence-corrected chi connectivity index (χ0v) is 7.39. The number of halogens is 2. The molecule has 0 spiro atoms. The van der Waals surface area contributed by atoms with Crippen LogP contribution in [0.15, 0.2) is 15.2 Å². The molecule has 0 unspecified atom stereocenters. The molecule has 1 aromatic rings. The van der Waals surface area contributed by atoms with Gasteiger partial charge in [-0.1, -0.05) is 0 Å². The number of hydrogen-bond donors (Lipinski definition) is 0. The monoisotopic (exact) mass is 224 g/mol. The summed E-state index contributed by atoms with van der Waals surface area (Å²) >= 11 is 9.82. The van der Waals surface area contributed by atoms with Crippen LogP contribution in [0.2, 0.25) is 0 Å². The van der Waals surface area contributed by atoms with Crippen molar-refractivity contribution in [2.24, 2.45) is 0 Å². The number of rotatable bonds is 1. The Kier molecular flexibility index (Phi) is 2.27. The molecule has 0 N–H and O–H groups in total. The van der Waals surface area contributed by atoms with Crippen molar-refractivity contribution in [2.75, 3.05) is 0 Å². The highest BCUT2D eigenvalue weighted by Crippen LogP contribution is 2.21. The first kappa shape index (κ1) is 7.25. The maximum absolute atomic E-state index is 10.4. The van der Waals surface area contributed by atoms with Gasteiger partial charge in [0, 0.05) is 10.9 Å². The van der Waals surface area contributed by atoms with E-state index in [4.69, 9.17) is 11.6 Å². The molecular weight excluding hydrogens is 223 g/mol. The van der Waals surface area contributed by atoms with Gasteiger partial charge in [0.25, 0.3) is 5.24 Å². The molecule has 0 bridgehead atoms. The van der Waals surface area contributed by atoms with Crippen molar-refractivity contribution in [3.63, 3.8) is 0 Å². The predicted molar refractivity (Wildman–Crippen MR) is 42.2 cm³/mol. The molecule has 1 rings (SSSR count). The first-order valence-electron chi connectivity index (χ1n) is 2.14. The van der Waals surface area contributed by atoms with Crippen LogP contribution in [-0.4, -0.2) is 5.24 Å². The summed E-state index contributed by atoms with van der Waals surface area (Å²) in [5, 5.41) is 1.30. The van der Waals surface area contributed by atoms with E-state index in [1.807, 2.05) is 0 Å². The fourth-order valence-electron chi connectivity index (χ4n) is 0.413. The highest BCUT2D eigenvalue weighted by molar-refractivity contribution is 9.11. The average Bonchev–Trinajstić information content (AvgIpc) is 2.14. The van der Waals surface area contributed by atoms with Crippen molar-refractivity contribution < 1.29 is 4.79 Å². The van der Waals surface area contributed by atoms with Crippen LogP contribution in [0.25, 0.3) is 0 Å². The van der Waals surface area contributed by atoms with Gasteiger partial charge in [-0.3, -0.25) is 4.79 Å². The van der Waals surface area contributed by atoms with Gasteiger partial charge in [-0.15, -0.1) is 11.3 Å². The summed E-state index contributed by atoms with van der Waals surface area (Å²) in [5.41, 5.74) is 0.550. The molecule has 0 saturated heterocycles. The van der Waals surface area contributed by atoms with Gasteiger partial charge in [-0.2, -0.15) is 0 Å².